The molecule has 1 saturated heterocycles. The van der Waals surface area contributed by atoms with Crippen LogP contribution in [0.2, 0.25) is 0 Å². The quantitative estimate of drug-likeness (QED) is 0.405. The summed E-state index contributed by atoms with van der Waals surface area (Å²) in [5, 5.41) is 2.31. The monoisotopic (exact) mass is 476 g/mol. The number of aryl methyl sites for hydroxylation is 1. The SMILES string of the molecule is Cc1csc2nc(CSc3nc4cc(S(=O)(=O)N5CCCCC5)ccc4o3)cc(=O)n12. The standard InChI is InChI=1S/C20H20N4O4S3/c1-13-11-29-19-21-14(9-18(25)24(13)19)12-30-20-22-16-10-15(5-6-17(16)28-20)31(26,27)23-7-3-2-4-8-23/h5-6,9-11H,2-4,7-8,12H2,1H3. The predicted octanol–water partition coefficient (Wildman–Crippen LogP) is 3.67. The Kier molecular flexibility index (Phi) is 5.37. The first-order valence-electron chi connectivity index (χ1n) is 9.92. The maximum atomic E-state index is 12.9. The molecule has 8 nitrogen and oxygen atoms in total. The van der Waals surface area contributed by atoms with E-state index >= 15 is 0 Å². The normalized spacial score (nSPS) is 15.8. The van der Waals surface area contributed by atoms with Crippen LogP contribution < -0.4 is 5.56 Å². The van der Waals surface area contributed by atoms with Crippen molar-refractivity contribution in [3.63, 3.8) is 0 Å². The van der Waals surface area contributed by atoms with Crippen LogP contribution in [-0.4, -0.2) is 40.2 Å². The highest BCUT2D eigenvalue weighted by Gasteiger charge is 2.26. The second-order valence-electron chi connectivity index (χ2n) is 7.44. The molecule has 4 heterocycles. The molecule has 0 amide bonds. The summed E-state index contributed by atoms with van der Waals surface area (Å²) in [4.78, 5) is 22.2. The van der Waals surface area contributed by atoms with Gasteiger partial charge in [-0.25, -0.2) is 18.4 Å². The number of rotatable bonds is 5. The molecule has 3 aromatic heterocycles. The van der Waals surface area contributed by atoms with E-state index in [1.54, 1.807) is 26.9 Å². The summed E-state index contributed by atoms with van der Waals surface area (Å²) in [6.07, 6.45) is 2.84. The van der Waals surface area contributed by atoms with Crippen LogP contribution in [-0.2, 0) is 15.8 Å². The second-order valence-corrected chi connectivity index (χ2v) is 11.1. The number of hydrogen-bond donors (Lipinski definition) is 0. The van der Waals surface area contributed by atoms with Gasteiger partial charge in [-0.05, 0) is 38.0 Å². The fourth-order valence-electron chi connectivity index (χ4n) is 3.67. The third kappa shape index (κ3) is 3.91. The van der Waals surface area contributed by atoms with Gasteiger partial charge in [-0.15, -0.1) is 11.3 Å². The van der Waals surface area contributed by atoms with Gasteiger partial charge >= 0.3 is 0 Å². The number of oxazole rings is 1. The summed E-state index contributed by atoms with van der Waals surface area (Å²) in [7, 11) is -3.52. The molecule has 11 heteroatoms. The first kappa shape index (κ1) is 20.7. The molecule has 1 aliphatic heterocycles. The highest BCUT2D eigenvalue weighted by molar-refractivity contribution is 7.98. The largest absolute Gasteiger partial charge is 0.431 e. The first-order chi connectivity index (χ1) is 14.9. The lowest BCUT2D eigenvalue weighted by Crippen LogP contribution is -2.35. The number of sulfonamides is 1. The Bertz CT molecular complexity index is 1430. The molecule has 0 saturated carbocycles. The predicted molar refractivity (Wildman–Crippen MR) is 120 cm³/mol. The topological polar surface area (TPSA) is 97.8 Å². The fourth-order valence-corrected chi connectivity index (χ4v) is 6.83. The van der Waals surface area contributed by atoms with Crippen molar-refractivity contribution in [3.05, 3.63) is 51.4 Å². The molecule has 0 radical (unpaired) electrons. The minimum atomic E-state index is -3.52. The minimum Gasteiger partial charge on any atom is -0.431 e. The second kappa shape index (κ2) is 8.05. The Labute approximate surface area is 187 Å². The fraction of sp³-hybridized carbons (Fsp3) is 0.350. The number of thioether (sulfide) groups is 1. The molecule has 162 valence electrons. The highest BCUT2D eigenvalue weighted by atomic mass is 32.2. The molecule has 4 aromatic rings. The third-order valence-electron chi connectivity index (χ3n) is 5.26. The van der Waals surface area contributed by atoms with E-state index in [0.717, 1.165) is 25.0 Å². The Hall–Kier alpha value is -2.21. The third-order valence-corrected chi connectivity index (χ3v) is 8.96. The Morgan fingerprint density at radius 1 is 1.16 bits per heavy atom. The van der Waals surface area contributed by atoms with Crippen molar-refractivity contribution in [1.29, 1.82) is 0 Å². The zero-order chi connectivity index (χ0) is 21.6. The lowest BCUT2D eigenvalue weighted by Gasteiger charge is -2.25. The zero-order valence-corrected chi connectivity index (χ0v) is 19.2. The van der Waals surface area contributed by atoms with Crippen LogP contribution in [0, 0.1) is 6.92 Å². The lowest BCUT2D eigenvalue weighted by molar-refractivity contribution is 0.346. The molecular weight excluding hydrogens is 456 g/mol. The van der Waals surface area contributed by atoms with Gasteiger partial charge in [0.05, 0.1) is 10.6 Å². The zero-order valence-electron chi connectivity index (χ0n) is 16.8. The van der Waals surface area contributed by atoms with Gasteiger partial charge in [-0.2, -0.15) is 4.31 Å². The molecule has 31 heavy (non-hydrogen) atoms. The van der Waals surface area contributed by atoms with E-state index < -0.39 is 10.0 Å². The minimum absolute atomic E-state index is 0.107. The van der Waals surface area contributed by atoms with Crippen LogP contribution >= 0.6 is 23.1 Å². The summed E-state index contributed by atoms with van der Waals surface area (Å²) < 4.78 is 34.7. The molecule has 5 rings (SSSR count). The average Bonchev–Trinajstić information content (AvgIpc) is 3.35. The summed E-state index contributed by atoms with van der Waals surface area (Å²) >= 11 is 2.75. The highest BCUT2D eigenvalue weighted by Crippen LogP contribution is 2.29. The summed E-state index contributed by atoms with van der Waals surface area (Å²) in [5.74, 6) is 0.425. The van der Waals surface area contributed by atoms with E-state index in [1.807, 2.05) is 12.3 Å². The number of piperidine rings is 1. The van der Waals surface area contributed by atoms with E-state index in [-0.39, 0.29) is 10.5 Å². The van der Waals surface area contributed by atoms with Gasteiger partial charge in [0.15, 0.2) is 10.5 Å². The van der Waals surface area contributed by atoms with Crippen LogP contribution in [0.3, 0.4) is 0 Å². The number of benzene rings is 1. The van der Waals surface area contributed by atoms with E-state index in [2.05, 4.69) is 9.97 Å². The number of fused-ring (bicyclic) bond motifs is 2. The first-order valence-corrected chi connectivity index (χ1v) is 13.2. The molecule has 0 aliphatic carbocycles. The molecular formula is C20H20N4O4S3. The van der Waals surface area contributed by atoms with Crippen LogP contribution in [0.15, 0.2) is 49.0 Å². The number of aromatic nitrogens is 3. The van der Waals surface area contributed by atoms with Gasteiger partial charge in [-0.1, -0.05) is 18.2 Å². The summed E-state index contributed by atoms with van der Waals surface area (Å²) in [5.41, 5.74) is 2.43. The van der Waals surface area contributed by atoms with Crippen molar-refractivity contribution < 1.29 is 12.8 Å². The molecule has 0 atom stereocenters. The average molecular weight is 477 g/mol. The van der Waals surface area contributed by atoms with Gasteiger partial charge in [0.2, 0.25) is 10.0 Å². The maximum absolute atomic E-state index is 12.9. The molecule has 1 aliphatic rings. The van der Waals surface area contributed by atoms with Crippen LogP contribution in [0.25, 0.3) is 16.1 Å². The Balaban J connectivity index is 1.37. The Morgan fingerprint density at radius 3 is 2.77 bits per heavy atom. The molecule has 0 N–H and O–H groups in total. The number of thiazole rings is 1. The van der Waals surface area contributed by atoms with Crippen molar-refractivity contribution in [3.8, 4) is 0 Å². The Morgan fingerprint density at radius 2 is 1.97 bits per heavy atom. The maximum Gasteiger partial charge on any atom is 0.258 e. The van der Waals surface area contributed by atoms with E-state index in [0.29, 0.717) is 45.8 Å². The van der Waals surface area contributed by atoms with E-state index in [1.165, 1.54) is 29.2 Å². The van der Waals surface area contributed by atoms with Crippen LogP contribution in [0.1, 0.15) is 30.7 Å². The molecule has 0 unspecified atom stereocenters. The van der Waals surface area contributed by atoms with Gasteiger partial charge in [-0.3, -0.25) is 9.20 Å². The van der Waals surface area contributed by atoms with E-state index in [9.17, 15) is 13.2 Å². The van der Waals surface area contributed by atoms with Crippen LogP contribution in [0.4, 0.5) is 0 Å². The van der Waals surface area contributed by atoms with Gasteiger partial charge < -0.3 is 4.42 Å². The van der Waals surface area contributed by atoms with Gasteiger partial charge in [0, 0.05) is 36.0 Å². The smallest absolute Gasteiger partial charge is 0.258 e. The molecule has 0 spiro atoms. The molecule has 0 bridgehead atoms. The van der Waals surface area contributed by atoms with Crippen LogP contribution in [0.5, 0.6) is 0 Å². The number of nitrogens with zero attached hydrogens (tertiary/aromatic N) is 4. The van der Waals surface area contributed by atoms with Crippen molar-refractivity contribution in [2.75, 3.05) is 13.1 Å². The lowest BCUT2D eigenvalue weighted by atomic mass is 10.2. The summed E-state index contributed by atoms with van der Waals surface area (Å²) in [6, 6.07) is 6.30. The molecule has 1 aromatic carbocycles. The van der Waals surface area contributed by atoms with Crippen molar-refractivity contribution in [2.24, 2.45) is 0 Å². The summed E-state index contributed by atoms with van der Waals surface area (Å²) in [6.45, 7) is 2.99. The van der Waals surface area contributed by atoms with Gasteiger partial charge in [0.1, 0.15) is 5.52 Å². The van der Waals surface area contributed by atoms with Crippen molar-refractivity contribution >= 4 is 49.2 Å². The van der Waals surface area contributed by atoms with Gasteiger partial charge in [0.25, 0.3) is 10.8 Å². The van der Waals surface area contributed by atoms with Crippen molar-refractivity contribution in [2.45, 2.75) is 42.1 Å². The van der Waals surface area contributed by atoms with Crippen molar-refractivity contribution in [1.82, 2.24) is 18.7 Å². The number of hydrogen-bond acceptors (Lipinski definition) is 8. The van der Waals surface area contributed by atoms with E-state index in [4.69, 9.17) is 4.42 Å². The molecule has 1 fully saturated rings.